The fourth-order valence-electron chi connectivity index (χ4n) is 1.58. The average molecular weight is 306 g/mol. The Morgan fingerprint density at radius 1 is 1.30 bits per heavy atom. The molecule has 6 nitrogen and oxygen atoms in total. The Labute approximate surface area is 123 Å². The Morgan fingerprint density at radius 2 is 2.10 bits per heavy atom. The molecule has 1 aliphatic heterocycles. The van der Waals surface area contributed by atoms with Gasteiger partial charge >= 0.3 is 0 Å². The van der Waals surface area contributed by atoms with Crippen LogP contribution in [0, 0.1) is 0 Å². The van der Waals surface area contributed by atoms with E-state index in [0.717, 1.165) is 16.3 Å². The molecule has 1 aromatic heterocycles. The van der Waals surface area contributed by atoms with Crippen molar-refractivity contribution >= 4 is 39.3 Å². The number of aliphatic imine (C=N–C) groups is 1. The summed E-state index contributed by atoms with van der Waals surface area (Å²) in [5, 5.41) is 12.7. The molecule has 102 valence electrons. The molecule has 1 saturated heterocycles. The third kappa shape index (κ3) is 2.81. The van der Waals surface area contributed by atoms with Gasteiger partial charge in [-0.1, -0.05) is 23.1 Å². The van der Waals surface area contributed by atoms with Gasteiger partial charge in [-0.15, -0.1) is 10.2 Å². The number of hydrogen-bond donors (Lipinski definition) is 1. The number of hydrogen-bond acceptors (Lipinski definition) is 7. The first-order valence-electron chi connectivity index (χ1n) is 5.74. The van der Waals surface area contributed by atoms with Gasteiger partial charge in [0, 0.05) is 5.56 Å². The summed E-state index contributed by atoms with van der Waals surface area (Å²) in [6.07, 6.45) is 0. The Balaban J connectivity index is 1.80. The zero-order chi connectivity index (χ0) is 13.9. The molecule has 0 atom stereocenters. The second kappa shape index (κ2) is 5.59. The van der Waals surface area contributed by atoms with Crippen LogP contribution in [0.1, 0.15) is 0 Å². The lowest BCUT2D eigenvalue weighted by atomic mass is 10.2. The molecule has 0 aliphatic carbocycles. The first kappa shape index (κ1) is 13.1. The Morgan fingerprint density at radius 3 is 2.75 bits per heavy atom. The molecular formula is C12H10N4O2S2. The molecular weight excluding hydrogens is 296 g/mol. The lowest BCUT2D eigenvalue weighted by Gasteiger charge is -1.99. The lowest BCUT2D eigenvalue weighted by Crippen LogP contribution is -2.19. The molecule has 0 unspecified atom stereocenters. The number of aromatic nitrogens is 2. The molecule has 0 spiro atoms. The van der Waals surface area contributed by atoms with Gasteiger partial charge in [-0.2, -0.15) is 4.99 Å². The van der Waals surface area contributed by atoms with Crippen LogP contribution in [-0.2, 0) is 4.79 Å². The first-order chi connectivity index (χ1) is 9.74. The van der Waals surface area contributed by atoms with Crippen molar-refractivity contribution in [3.8, 4) is 16.3 Å². The number of carbonyl (C=O) groups is 1. The summed E-state index contributed by atoms with van der Waals surface area (Å²) in [6.45, 7) is 0. The van der Waals surface area contributed by atoms with E-state index in [1.807, 2.05) is 24.3 Å². The summed E-state index contributed by atoms with van der Waals surface area (Å²) in [5.41, 5.74) is 0.956. The molecule has 2 aromatic rings. The van der Waals surface area contributed by atoms with Crippen LogP contribution in [0.25, 0.3) is 10.6 Å². The van der Waals surface area contributed by atoms with Crippen molar-refractivity contribution in [2.75, 3.05) is 12.9 Å². The van der Waals surface area contributed by atoms with Gasteiger partial charge in [-0.05, 0) is 24.3 Å². The Kier molecular flexibility index (Phi) is 3.66. The number of benzene rings is 1. The van der Waals surface area contributed by atoms with Crippen LogP contribution in [0.4, 0.5) is 5.13 Å². The number of rotatable bonds is 3. The maximum absolute atomic E-state index is 11.1. The fraction of sp³-hybridized carbons (Fsp3) is 0.167. The highest BCUT2D eigenvalue weighted by Gasteiger charge is 2.17. The van der Waals surface area contributed by atoms with Crippen LogP contribution in [0.3, 0.4) is 0 Å². The number of amidine groups is 1. The highest BCUT2D eigenvalue weighted by molar-refractivity contribution is 8.15. The minimum Gasteiger partial charge on any atom is -0.497 e. The molecule has 1 aliphatic rings. The second-order valence-electron chi connectivity index (χ2n) is 3.87. The zero-order valence-electron chi connectivity index (χ0n) is 10.5. The molecule has 1 aromatic carbocycles. The maximum Gasteiger partial charge on any atom is 0.236 e. The number of thioether (sulfide) groups is 1. The third-order valence-corrected chi connectivity index (χ3v) is 4.27. The highest BCUT2D eigenvalue weighted by atomic mass is 32.2. The van der Waals surface area contributed by atoms with E-state index in [2.05, 4.69) is 20.5 Å². The third-order valence-electron chi connectivity index (χ3n) is 2.53. The second-order valence-corrected chi connectivity index (χ2v) is 5.79. The van der Waals surface area contributed by atoms with Gasteiger partial charge in [0.2, 0.25) is 11.0 Å². The van der Waals surface area contributed by atoms with Crippen LogP contribution in [0.2, 0.25) is 0 Å². The minimum absolute atomic E-state index is 0.0337. The van der Waals surface area contributed by atoms with Crippen molar-refractivity contribution in [2.24, 2.45) is 4.99 Å². The number of nitrogens with one attached hydrogen (secondary N) is 1. The molecule has 0 radical (unpaired) electrons. The summed E-state index contributed by atoms with van der Waals surface area (Å²) in [6, 6.07) is 7.58. The van der Waals surface area contributed by atoms with Crippen LogP contribution in [0.15, 0.2) is 29.3 Å². The number of carbonyl (C=O) groups excluding carboxylic acids is 1. The quantitative estimate of drug-likeness (QED) is 0.939. The van der Waals surface area contributed by atoms with E-state index in [1.54, 1.807) is 7.11 Å². The van der Waals surface area contributed by atoms with E-state index >= 15 is 0 Å². The van der Waals surface area contributed by atoms with Gasteiger partial charge in [0.1, 0.15) is 10.8 Å². The van der Waals surface area contributed by atoms with Crippen molar-refractivity contribution in [2.45, 2.75) is 0 Å². The standard InChI is InChI=1S/C12H10N4O2S2/c1-18-8-4-2-7(3-5-8)10-15-16-12(20-10)14-11-13-9(17)6-19-11/h2-5H,6H2,1H3,(H,13,14,16,17). The number of methoxy groups -OCH3 is 1. The van der Waals surface area contributed by atoms with Crippen molar-refractivity contribution in [1.29, 1.82) is 0 Å². The average Bonchev–Trinajstić information content (AvgIpc) is 3.09. The van der Waals surface area contributed by atoms with E-state index in [1.165, 1.54) is 23.1 Å². The SMILES string of the molecule is COc1ccc(-c2nnc(/N=C3/NC(=O)CS3)s2)cc1. The van der Waals surface area contributed by atoms with Crippen LogP contribution >= 0.6 is 23.1 Å². The van der Waals surface area contributed by atoms with Gasteiger partial charge in [-0.3, -0.25) is 4.79 Å². The van der Waals surface area contributed by atoms with Crippen molar-refractivity contribution in [1.82, 2.24) is 15.5 Å². The molecule has 1 amide bonds. The summed E-state index contributed by atoms with van der Waals surface area (Å²) in [7, 11) is 1.63. The Bertz CT molecular complexity index is 666. The van der Waals surface area contributed by atoms with Crippen LogP contribution in [0.5, 0.6) is 5.75 Å². The first-order valence-corrected chi connectivity index (χ1v) is 7.54. The van der Waals surface area contributed by atoms with E-state index < -0.39 is 0 Å². The largest absolute Gasteiger partial charge is 0.497 e. The molecule has 2 heterocycles. The molecule has 0 saturated carbocycles. The van der Waals surface area contributed by atoms with Gasteiger partial charge < -0.3 is 10.1 Å². The summed E-state index contributed by atoms with van der Waals surface area (Å²) in [4.78, 5) is 15.3. The van der Waals surface area contributed by atoms with Crippen molar-refractivity contribution in [3.05, 3.63) is 24.3 Å². The zero-order valence-corrected chi connectivity index (χ0v) is 12.1. The van der Waals surface area contributed by atoms with Crippen LogP contribution < -0.4 is 10.1 Å². The monoisotopic (exact) mass is 306 g/mol. The van der Waals surface area contributed by atoms with Gasteiger partial charge in [0.25, 0.3) is 0 Å². The smallest absolute Gasteiger partial charge is 0.236 e. The van der Waals surface area contributed by atoms with Gasteiger partial charge in [0.15, 0.2) is 5.17 Å². The number of ether oxygens (including phenoxy) is 1. The Hall–Kier alpha value is -1.93. The summed E-state index contributed by atoms with van der Waals surface area (Å²) >= 11 is 2.74. The molecule has 8 heteroatoms. The maximum atomic E-state index is 11.1. The molecule has 1 N–H and O–H groups in total. The highest BCUT2D eigenvalue weighted by Crippen LogP contribution is 2.30. The molecule has 1 fully saturated rings. The van der Waals surface area contributed by atoms with E-state index in [4.69, 9.17) is 4.74 Å². The lowest BCUT2D eigenvalue weighted by molar-refractivity contribution is -0.116. The number of nitrogens with zero attached hydrogens (tertiary/aromatic N) is 3. The molecule has 0 bridgehead atoms. The predicted octanol–water partition coefficient (Wildman–Crippen LogP) is 2.06. The fourth-order valence-corrected chi connectivity index (χ4v) is 3.05. The molecule has 3 rings (SSSR count). The van der Waals surface area contributed by atoms with Gasteiger partial charge in [-0.25, -0.2) is 0 Å². The van der Waals surface area contributed by atoms with Crippen molar-refractivity contribution in [3.63, 3.8) is 0 Å². The number of amides is 1. The van der Waals surface area contributed by atoms with E-state index in [9.17, 15) is 4.79 Å². The van der Waals surface area contributed by atoms with E-state index in [-0.39, 0.29) is 5.91 Å². The predicted molar refractivity (Wildman–Crippen MR) is 79.6 cm³/mol. The van der Waals surface area contributed by atoms with Crippen LogP contribution in [-0.4, -0.2) is 34.1 Å². The molecule has 20 heavy (non-hydrogen) atoms. The van der Waals surface area contributed by atoms with Gasteiger partial charge in [0.05, 0.1) is 12.9 Å². The summed E-state index contributed by atoms with van der Waals surface area (Å²) < 4.78 is 5.11. The van der Waals surface area contributed by atoms with E-state index in [0.29, 0.717) is 16.1 Å². The topological polar surface area (TPSA) is 76.5 Å². The minimum atomic E-state index is -0.0337. The summed E-state index contributed by atoms with van der Waals surface area (Å²) in [5.74, 6) is 1.17. The van der Waals surface area contributed by atoms with Crippen molar-refractivity contribution < 1.29 is 9.53 Å². The normalized spacial score (nSPS) is 16.4.